The fraction of sp³-hybridized carbons (Fsp3) is 0.533. The number of hydrogen-bond acceptors (Lipinski definition) is 2. The summed E-state index contributed by atoms with van der Waals surface area (Å²) in [6.07, 6.45) is 0.985. The van der Waals surface area contributed by atoms with Gasteiger partial charge in [-0.25, -0.2) is 0 Å². The Morgan fingerprint density at radius 1 is 1.11 bits per heavy atom. The number of nitrogens with zero attached hydrogens (tertiary/aromatic N) is 2. The Labute approximate surface area is 124 Å². The molecule has 3 nitrogen and oxygen atoms in total. The van der Waals surface area contributed by atoms with Crippen LogP contribution in [0, 0.1) is 0 Å². The minimum absolute atomic E-state index is 0.129. The lowest BCUT2D eigenvalue weighted by molar-refractivity contribution is 0.0745. The SMILES string of the molecule is CCCN(CCN(C)C)C(=O)c1ccc(CBr)cc1. The number of alkyl halides is 1. The van der Waals surface area contributed by atoms with Gasteiger partial charge in [0.05, 0.1) is 0 Å². The lowest BCUT2D eigenvalue weighted by Gasteiger charge is -2.24. The van der Waals surface area contributed by atoms with Crippen molar-refractivity contribution in [2.24, 2.45) is 0 Å². The molecule has 0 saturated heterocycles. The second-order valence-corrected chi connectivity index (χ2v) is 5.49. The summed E-state index contributed by atoms with van der Waals surface area (Å²) in [5.41, 5.74) is 1.96. The molecule has 1 aromatic rings. The molecule has 1 amide bonds. The van der Waals surface area contributed by atoms with E-state index in [1.807, 2.05) is 43.3 Å². The monoisotopic (exact) mass is 326 g/mol. The molecule has 0 saturated carbocycles. The van der Waals surface area contributed by atoms with Crippen molar-refractivity contribution in [1.82, 2.24) is 9.80 Å². The van der Waals surface area contributed by atoms with E-state index < -0.39 is 0 Å². The van der Waals surface area contributed by atoms with Gasteiger partial charge in [-0.2, -0.15) is 0 Å². The highest BCUT2D eigenvalue weighted by molar-refractivity contribution is 9.08. The zero-order valence-electron chi connectivity index (χ0n) is 12.0. The summed E-state index contributed by atoms with van der Waals surface area (Å²) in [4.78, 5) is 16.5. The summed E-state index contributed by atoms with van der Waals surface area (Å²) in [6, 6.07) is 7.82. The van der Waals surface area contributed by atoms with Crippen LogP contribution in [0.5, 0.6) is 0 Å². The van der Waals surface area contributed by atoms with Crippen molar-refractivity contribution >= 4 is 21.8 Å². The van der Waals surface area contributed by atoms with Gasteiger partial charge < -0.3 is 9.80 Å². The molecule has 0 N–H and O–H groups in total. The predicted molar refractivity (Wildman–Crippen MR) is 83.8 cm³/mol. The molecular weight excluding hydrogens is 304 g/mol. The summed E-state index contributed by atoms with van der Waals surface area (Å²) in [5, 5.41) is 0.820. The predicted octanol–water partition coefficient (Wildman–Crippen LogP) is 3.00. The summed E-state index contributed by atoms with van der Waals surface area (Å²) >= 11 is 3.41. The molecule has 4 heteroatoms. The van der Waals surface area contributed by atoms with E-state index in [9.17, 15) is 4.79 Å². The molecule has 0 aliphatic carbocycles. The van der Waals surface area contributed by atoms with E-state index >= 15 is 0 Å². The Morgan fingerprint density at radius 3 is 2.21 bits per heavy atom. The van der Waals surface area contributed by atoms with Crippen molar-refractivity contribution in [2.75, 3.05) is 33.7 Å². The summed E-state index contributed by atoms with van der Waals surface area (Å²) in [7, 11) is 4.05. The van der Waals surface area contributed by atoms with Crippen LogP contribution in [0.25, 0.3) is 0 Å². The Hall–Kier alpha value is -0.870. The molecule has 0 radical (unpaired) electrons. The van der Waals surface area contributed by atoms with Crippen molar-refractivity contribution in [3.8, 4) is 0 Å². The lowest BCUT2D eigenvalue weighted by atomic mass is 10.1. The molecule has 0 aliphatic rings. The zero-order chi connectivity index (χ0) is 14.3. The Morgan fingerprint density at radius 2 is 1.74 bits per heavy atom. The van der Waals surface area contributed by atoms with Crippen molar-refractivity contribution < 1.29 is 4.79 Å². The molecule has 0 fully saturated rings. The summed E-state index contributed by atoms with van der Waals surface area (Å²) in [5.74, 6) is 0.129. The van der Waals surface area contributed by atoms with E-state index in [-0.39, 0.29) is 5.91 Å². The first-order chi connectivity index (χ1) is 9.08. The van der Waals surface area contributed by atoms with E-state index in [0.29, 0.717) is 0 Å². The largest absolute Gasteiger partial charge is 0.337 e. The van der Waals surface area contributed by atoms with E-state index in [0.717, 1.165) is 36.9 Å². The minimum Gasteiger partial charge on any atom is -0.337 e. The van der Waals surface area contributed by atoms with Crippen LogP contribution < -0.4 is 0 Å². The maximum absolute atomic E-state index is 12.4. The molecule has 106 valence electrons. The van der Waals surface area contributed by atoms with Crippen LogP contribution in [0.2, 0.25) is 0 Å². The van der Waals surface area contributed by atoms with Gasteiger partial charge in [0.2, 0.25) is 0 Å². The highest BCUT2D eigenvalue weighted by Gasteiger charge is 2.14. The van der Waals surface area contributed by atoms with Crippen molar-refractivity contribution in [3.05, 3.63) is 35.4 Å². The average Bonchev–Trinajstić information content (AvgIpc) is 2.42. The third kappa shape index (κ3) is 5.33. The van der Waals surface area contributed by atoms with E-state index in [4.69, 9.17) is 0 Å². The van der Waals surface area contributed by atoms with Gasteiger partial charge in [0.15, 0.2) is 0 Å². The minimum atomic E-state index is 0.129. The van der Waals surface area contributed by atoms with Gasteiger partial charge in [0.25, 0.3) is 5.91 Å². The number of halogens is 1. The molecule has 1 aromatic carbocycles. The summed E-state index contributed by atoms with van der Waals surface area (Å²) in [6.45, 7) is 4.59. The Balaban J connectivity index is 2.73. The second-order valence-electron chi connectivity index (χ2n) is 4.93. The topological polar surface area (TPSA) is 23.6 Å². The van der Waals surface area contributed by atoms with Crippen LogP contribution in [0.15, 0.2) is 24.3 Å². The number of hydrogen-bond donors (Lipinski definition) is 0. The number of likely N-dealkylation sites (N-methyl/N-ethyl adjacent to an activating group) is 1. The van der Waals surface area contributed by atoms with Gasteiger partial charge in [0.1, 0.15) is 0 Å². The summed E-state index contributed by atoms with van der Waals surface area (Å²) < 4.78 is 0. The quantitative estimate of drug-likeness (QED) is 0.719. The highest BCUT2D eigenvalue weighted by atomic mass is 79.9. The number of carbonyl (C=O) groups excluding carboxylic acids is 1. The fourth-order valence-corrected chi connectivity index (χ4v) is 2.20. The van der Waals surface area contributed by atoms with E-state index in [2.05, 4.69) is 27.8 Å². The first-order valence-corrected chi connectivity index (χ1v) is 7.79. The van der Waals surface area contributed by atoms with Crippen LogP contribution in [0.1, 0.15) is 29.3 Å². The van der Waals surface area contributed by atoms with Crippen molar-refractivity contribution in [1.29, 1.82) is 0 Å². The zero-order valence-corrected chi connectivity index (χ0v) is 13.6. The van der Waals surface area contributed by atoms with Crippen molar-refractivity contribution in [2.45, 2.75) is 18.7 Å². The maximum atomic E-state index is 12.4. The molecule has 0 atom stereocenters. The molecule has 1 rings (SSSR count). The highest BCUT2D eigenvalue weighted by Crippen LogP contribution is 2.10. The van der Waals surface area contributed by atoms with Crippen LogP contribution in [-0.2, 0) is 5.33 Å². The van der Waals surface area contributed by atoms with Gasteiger partial charge >= 0.3 is 0 Å². The average molecular weight is 327 g/mol. The Kier molecular flexibility index (Phi) is 7.10. The molecule has 0 heterocycles. The normalized spacial score (nSPS) is 10.8. The first kappa shape index (κ1) is 16.2. The number of benzene rings is 1. The van der Waals surface area contributed by atoms with Gasteiger partial charge in [-0.15, -0.1) is 0 Å². The van der Waals surface area contributed by atoms with Crippen LogP contribution in [-0.4, -0.2) is 49.4 Å². The molecule has 19 heavy (non-hydrogen) atoms. The molecule has 0 unspecified atom stereocenters. The number of rotatable bonds is 7. The standard InChI is InChI=1S/C15H23BrN2O/c1-4-9-18(11-10-17(2)3)15(19)14-7-5-13(12-16)6-8-14/h5-8H,4,9-12H2,1-3H3. The van der Waals surface area contributed by atoms with Crippen LogP contribution in [0.4, 0.5) is 0 Å². The van der Waals surface area contributed by atoms with Gasteiger partial charge in [-0.3, -0.25) is 4.79 Å². The molecule has 0 aromatic heterocycles. The van der Waals surface area contributed by atoms with Crippen molar-refractivity contribution in [3.63, 3.8) is 0 Å². The lowest BCUT2D eigenvalue weighted by Crippen LogP contribution is -2.37. The van der Waals surface area contributed by atoms with Gasteiger partial charge in [-0.1, -0.05) is 35.0 Å². The third-order valence-electron chi connectivity index (χ3n) is 2.95. The first-order valence-electron chi connectivity index (χ1n) is 6.67. The third-order valence-corrected chi connectivity index (χ3v) is 3.60. The molecule has 0 bridgehead atoms. The van der Waals surface area contributed by atoms with Crippen LogP contribution >= 0.6 is 15.9 Å². The van der Waals surface area contributed by atoms with Gasteiger partial charge in [0, 0.05) is 30.5 Å². The fourth-order valence-electron chi connectivity index (χ4n) is 1.82. The van der Waals surface area contributed by atoms with Gasteiger partial charge in [-0.05, 0) is 38.2 Å². The second kappa shape index (κ2) is 8.33. The smallest absolute Gasteiger partial charge is 0.253 e. The molecule has 0 spiro atoms. The van der Waals surface area contributed by atoms with E-state index in [1.54, 1.807) is 0 Å². The molecule has 0 aliphatic heterocycles. The molecular formula is C15H23BrN2O. The van der Waals surface area contributed by atoms with E-state index in [1.165, 1.54) is 5.56 Å². The number of amides is 1. The van der Waals surface area contributed by atoms with Crippen LogP contribution in [0.3, 0.4) is 0 Å². The number of carbonyl (C=O) groups is 1. The Bertz CT molecular complexity index is 390. The maximum Gasteiger partial charge on any atom is 0.253 e.